The number of carbonyl (C=O) groups is 2. The van der Waals surface area contributed by atoms with Crippen LogP contribution in [0.3, 0.4) is 0 Å². The van der Waals surface area contributed by atoms with Gasteiger partial charge in [0, 0.05) is 98.6 Å². The van der Waals surface area contributed by atoms with Crippen molar-refractivity contribution < 1.29 is 38.5 Å². The van der Waals surface area contributed by atoms with Gasteiger partial charge in [0.05, 0.1) is 35.4 Å². The molecule has 0 spiro atoms. The third kappa shape index (κ3) is 11.0. The molecule has 1 aliphatic carbocycles. The van der Waals surface area contributed by atoms with Crippen molar-refractivity contribution in [2.75, 3.05) is 41.8 Å². The molecule has 2 aromatic carbocycles. The number of aryl methyl sites for hydroxylation is 1. The number of carbonyl (C=O) groups excluding carboxylic acids is 2. The minimum absolute atomic E-state index is 0.0110. The Bertz CT molecular complexity index is 3250. The number of likely N-dealkylation sites (tertiary alicyclic amines) is 1. The van der Waals surface area contributed by atoms with Gasteiger partial charge in [0.2, 0.25) is 17.7 Å². The lowest BCUT2D eigenvalue weighted by atomic mass is 9.91. The highest BCUT2D eigenvalue weighted by Crippen LogP contribution is 2.41. The van der Waals surface area contributed by atoms with E-state index in [9.17, 15) is 19.8 Å². The van der Waals surface area contributed by atoms with Gasteiger partial charge in [0.1, 0.15) is 48.1 Å². The van der Waals surface area contributed by atoms with Gasteiger partial charge in [0.25, 0.3) is 5.88 Å². The molecule has 20 heteroatoms. The topological polar surface area (TPSA) is 245 Å². The number of aromatic nitrogens is 7. The van der Waals surface area contributed by atoms with Crippen molar-refractivity contribution in [3.8, 4) is 40.2 Å². The molecule has 5 N–H and O–H groups in total. The van der Waals surface area contributed by atoms with E-state index in [1.807, 2.05) is 111 Å². The quantitative estimate of drug-likeness (QED) is 0.0662. The van der Waals surface area contributed by atoms with Crippen LogP contribution in [0.5, 0.6) is 23.3 Å². The Labute approximate surface area is 451 Å². The van der Waals surface area contributed by atoms with Crippen LogP contribution in [0.15, 0.2) is 120 Å². The third-order valence-corrected chi connectivity index (χ3v) is 15.3. The molecule has 3 aliphatic heterocycles. The molecule has 2 bridgehead atoms. The van der Waals surface area contributed by atoms with Crippen molar-refractivity contribution in [2.45, 2.75) is 108 Å². The van der Waals surface area contributed by atoms with Crippen LogP contribution < -0.4 is 35.1 Å². The van der Waals surface area contributed by atoms with Crippen molar-refractivity contribution in [1.29, 1.82) is 0 Å². The van der Waals surface area contributed by atoms with Gasteiger partial charge in [0.15, 0.2) is 11.6 Å². The van der Waals surface area contributed by atoms with Crippen molar-refractivity contribution in [3.05, 3.63) is 139 Å². The molecule has 4 fully saturated rings. The van der Waals surface area contributed by atoms with Gasteiger partial charge in [-0.25, -0.2) is 9.97 Å². The number of nitrogens with two attached hydrogens (primary N) is 1. The number of ether oxygens (including phenoxy) is 3. The Balaban J connectivity index is 0.623. The van der Waals surface area contributed by atoms with Crippen LogP contribution in [0, 0.1) is 12.8 Å². The molecule has 404 valence electrons. The molecule has 0 radical (unpaired) electrons. The molecule has 8 heterocycles. The molecule has 11 rings (SSSR count). The molecule has 78 heavy (non-hydrogen) atoms. The summed E-state index contributed by atoms with van der Waals surface area (Å²) in [5.41, 5.74) is 12.1. The number of hydrogen-bond acceptors (Lipinski definition) is 17. The number of aromatic hydroxyl groups is 1. The first-order valence-electron chi connectivity index (χ1n) is 26.7. The number of benzene rings is 2. The lowest BCUT2D eigenvalue weighted by Crippen LogP contribution is -2.54. The number of phenols is 1. The van der Waals surface area contributed by atoms with Gasteiger partial charge in [-0.05, 0) is 104 Å². The van der Waals surface area contributed by atoms with Crippen LogP contribution in [0.4, 0.5) is 17.2 Å². The van der Waals surface area contributed by atoms with Gasteiger partial charge in [-0.1, -0.05) is 38.1 Å². The van der Waals surface area contributed by atoms with Gasteiger partial charge < -0.3 is 59.3 Å². The normalized spacial score (nSPS) is 21.6. The van der Waals surface area contributed by atoms with Crippen LogP contribution in [0.1, 0.15) is 87.7 Å². The molecular formula is C58H64N12O8. The number of aliphatic hydroxyl groups is 1. The summed E-state index contributed by atoms with van der Waals surface area (Å²) in [6.45, 7) is 9.36. The summed E-state index contributed by atoms with van der Waals surface area (Å²) in [6.07, 6.45) is 13.6. The second kappa shape index (κ2) is 22.2. The van der Waals surface area contributed by atoms with Gasteiger partial charge in [-0.3, -0.25) is 14.6 Å². The number of β-amino-alcohol motifs (C(OH)–C–C–N with tert-alkyl or cyclic N) is 1. The zero-order valence-corrected chi connectivity index (χ0v) is 44.0. The average molecular weight is 1060 g/mol. The first-order valence-corrected chi connectivity index (χ1v) is 26.7. The number of nitrogens with zero attached hydrogens (tertiary/aromatic N) is 10. The molecule has 6 atom stereocenters. The van der Waals surface area contributed by atoms with Gasteiger partial charge in [-0.15, -0.1) is 10.2 Å². The summed E-state index contributed by atoms with van der Waals surface area (Å²) in [5.74, 6) is 1.53. The second-order valence-electron chi connectivity index (χ2n) is 21.0. The monoisotopic (exact) mass is 1060 g/mol. The van der Waals surface area contributed by atoms with E-state index < -0.39 is 18.1 Å². The maximum atomic E-state index is 14.2. The van der Waals surface area contributed by atoms with Crippen LogP contribution in [-0.2, 0) is 9.59 Å². The van der Waals surface area contributed by atoms with Crippen LogP contribution >= 0.6 is 0 Å². The molecule has 2 unspecified atom stereocenters. The van der Waals surface area contributed by atoms with Gasteiger partial charge in [-0.2, -0.15) is 0 Å². The van der Waals surface area contributed by atoms with Crippen LogP contribution in [0.25, 0.3) is 23.0 Å². The third-order valence-electron chi connectivity index (χ3n) is 15.3. The molecule has 1 saturated carbocycles. The minimum Gasteiger partial charge on any atom is -0.507 e. The molecule has 3 saturated heterocycles. The number of pyridine rings is 2. The lowest BCUT2D eigenvalue weighted by molar-refractivity contribution is -0.141. The summed E-state index contributed by atoms with van der Waals surface area (Å²) in [4.78, 5) is 47.5. The SMILES string of the molecule is Cc1nccn1-c1ccc([C@H](C)NC(=O)[C@@H]2C[C@@H](O)CN2C(=O)[C@H](c2cc(OC/C=C/c3ccc(O[C@H]4C[C@H](Oc5cc(N6C7CCC6CN(c6cc(-c8ccccc8O)nnc6N)C7)ccn5)C4)cn3)no2)C(C)C)cc1. The zero-order valence-electron chi connectivity index (χ0n) is 44.0. The Morgan fingerprint density at radius 2 is 1.64 bits per heavy atom. The van der Waals surface area contributed by atoms with E-state index >= 15 is 0 Å². The predicted molar refractivity (Wildman–Crippen MR) is 291 cm³/mol. The van der Waals surface area contributed by atoms with Gasteiger partial charge >= 0.3 is 0 Å². The fraction of sp³-hybridized carbons (Fsp3) is 0.379. The number of nitrogen functional groups attached to an aromatic ring is 1. The van der Waals surface area contributed by atoms with E-state index in [0.717, 1.165) is 67.2 Å². The molecule has 5 aromatic heterocycles. The molecule has 4 aliphatic rings. The smallest absolute Gasteiger partial charge is 0.254 e. The van der Waals surface area contributed by atoms with Crippen LogP contribution in [-0.4, -0.2) is 124 Å². The maximum Gasteiger partial charge on any atom is 0.254 e. The summed E-state index contributed by atoms with van der Waals surface area (Å²) in [5, 5.41) is 36.8. The Kier molecular flexibility index (Phi) is 14.7. The number of rotatable bonds is 18. The maximum absolute atomic E-state index is 14.2. The number of imidazole rings is 1. The number of para-hydroxylation sites is 1. The molecular weight excluding hydrogens is 993 g/mol. The first kappa shape index (κ1) is 51.6. The molecule has 2 amide bonds. The largest absolute Gasteiger partial charge is 0.507 e. The first-order chi connectivity index (χ1) is 37.8. The van der Waals surface area contributed by atoms with E-state index in [-0.39, 0.29) is 79.3 Å². The summed E-state index contributed by atoms with van der Waals surface area (Å²) in [7, 11) is 0. The van der Waals surface area contributed by atoms with Crippen molar-refractivity contribution in [3.63, 3.8) is 0 Å². The Morgan fingerprint density at radius 3 is 2.37 bits per heavy atom. The van der Waals surface area contributed by atoms with E-state index in [4.69, 9.17) is 24.5 Å². The average Bonchev–Trinajstić information content (AvgIpc) is 4.28. The fourth-order valence-corrected chi connectivity index (χ4v) is 11.2. The number of hydrogen-bond donors (Lipinski definition) is 4. The van der Waals surface area contributed by atoms with E-state index in [1.165, 1.54) is 4.90 Å². The molecule has 20 nitrogen and oxygen atoms in total. The summed E-state index contributed by atoms with van der Waals surface area (Å²) < 4.78 is 26.1. The number of fused-ring (bicyclic) bond motifs is 2. The summed E-state index contributed by atoms with van der Waals surface area (Å²) in [6, 6.07) is 25.7. The minimum atomic E-state index is -0.856. The number of aliphatic hydroxyl groups excluding tert-OH is 1. The highest BCUT2D eigenvalue weighted by Gasteiger charge is 2.44. The van der Waals surface area contributed by atoms with Crippen molar-refractivity contribution >= 4 is 35.1 Å². The zero-order chi connectivity index (χ0) is 54.0. The highest BCUT2D eigenvalue weighted by molar-refractivity contribution is 5.91. The second-order valence-corrected chi connectivity index (χ2v) is 21.0. The standard InChI is InChI=1S/C58H64N12O8/c1-34(2)55(58(74)69-33-43(71)25-50(69)57(73)63-35(3)37-11-14-39(15-12-37)68-22-21-60-36(68)4)52-29-54(66-78-52)75-23-7-8-38-13-18-44(30-62-38)76-45-26-46(27-45)77-53-24-40(19-20-61-53)70-41-16-17-42(70)32-67(31-41)49-28-48(64-65-56(49)59)47-9-5-6-10-51(47)72/h5-15,18-22,24,28-30,34-35,41-43,45-46,50,55,71-72H,16-17,23,25-27,31-33H2,1-4H3,(H2,59,65)(H,63,73)/b8-7+/t35-,41?,42?,43+,45-,46-,50-,55-/m0/s1. The van der Waals surface area contributed by atoms with E-state index in [2.05, 4.69) is 51.5 Å². The molecule has 7 aromatic rings. The Hall–Kier alpha value is -8.52. The summed E-state index contributed by atoms with van der Waals surface area (Å²) >= 11 is 0. The van der Waals surface area contributed by atoms with Crippen LogP contribution in [0.2, 0.25) is 0 Å². The number of anilines is 3. The van der Waals surface area contributed by atoms with E-state index in [1.54, 1.807) is 36.7 Å². The Morgan fingerprint density at radius 1 is 0.859 bits per heavy atom. The number of amides is 2. The number of phenolic OH excluding ortho intramolecular Hbond substituents is 1. The number of piperazine rings is 1. The van der Waals surface area contributed by atoms with Crippen molar-refractivity contribution in [1.82, 2.24) is 45.1 Å². The lowest BCUT2D eigenvalue weighted by Gasteiger charge is -2.43. The van der Waals surface area contributed by atoms with E-state index in [0.29, 0.717) is 40.2 Å². The highest BCUT2D eigenvalue weighted by atomic mass is 16.5. The number of nitrogens with one attached hydrogen (secondary N) is 1. The van der Waals surface area contributed by atoms with Crippen molar-refractivity contribution in [2.24, 2.45) is 5.92 Å². The fourth-order valence-electron chi connectivity index (χ4n) is 11.2. The predicted octanol–water partition coefficient (Wildman–Crippen LogP) is 7.22.